The maximum Gasteiger partial charge on any atom is 0.341 e. The van der Waals surface area contributed by atoms with Gasteiger partial charge in [-0.05, 0) is 24.4 Å². The molecule has 1 aromatic rings. The summed E-state index contributed by atoms with van der Waals surface area (Å²) in [5, 5.41) is 14.1. The summed E-state index contributed by atoms with van der Waals surface area (Å²) in [4.78, 5) is 22.3. The summed E-state index contributed by atoms with van der Waals surface area (Å²) in [5.41, 5.74) is 0.742. The van der Waals surface area contributed by atoms with E-state index in [1.807, 2.05) is 0 Å². The molecule has 1 amide bonds. The lowest BCUT2D eigenvalue weighted by molar-refractivity contribution is -0.139. The van der Waals surface area contributed by atoms with Crippen LogP contribution in [0.3, 0.4) is 0 Å². The molecular formula is C13H12N2O5S. The quantitative estimate of drug-likeness (QED) is 0.538. The number of rotatable bonds is 5. The molecule has 1 aliphatic rings. The summed E-state index contributed by atoms with van der Waals surface area (Å²) in [6.07, 6.45) is 1.51. The summed E-state index contributed by atoms with van der Waals surface area (Å²) in [5.74, 6) is -0.877. The Kier molecular flexibility index (Phi) is 4.39. The normalized spacial score (nSPS) is 15.6. The van der Waals surface area contributed by atoms with Gasteiger partial charge in [-0.3, -0.25) is 10.1 Å². The second-order valence-electron chi connectivity index (χ2n) is 4.03. The monoisotopic (exact) mass is 308 g/mol. The number of methoxy groups -OCH3 is 1. The smallest absolute Gasteiger partial charge is 0.341 e. The molecule has 1 fully saturated rings. The molecule has 1 aromatic carbocycles. The number of thiocarbonyl (C=S) groups is 1. The zero-order valence-corrected chi connectivity index (χ0v) is 11.8. The zero-order chi connectivity index (χ0) is 15.4. The van der Waals surface area contributed by atoms with Crippen molar-refractivity contribution in [3.8, 4) is 11.5 Å². The molecule has 0 aliphatic carbocycles. The molecule has 1 aliphatic heterocycles. The highest BCUT2D eigenvalue weighted by atomic mass is 32.1. The molecule has 7 nitrogen and oxygen atoms in total. The van der Waals surface area contributed by atoms with Crippen molar-refractivity contribution < 1.29 is 24.2 Å². The van der Waals surface area contributed by atoms with Crippen molar-refractivity contribution in [1.29, 1.82) is 0 Å². The minimum atomic E-state index is -1.11. The largest absolute Gasteiger partial charge is 0.493 e. The lowest BCUT2D eigenvalue weighted by atomic mass is 10.1. The number of ether oxygens (including phenoxy) is 2. The van der Waals surface area contributed by atoms with Crippen molar-refractivity contribution in [1.82, 2.24) is 10.6 Å². The van der Waals surface area contributed by atoms with Gasteiger partial charge in [-0.15, -0.1) is 0 Å². The van der Waals surface area contributed by atoms with E-state index in [1.165, 1.54) is 13.2 Å². The maximum atomic E-state index is 11.6. The zero-order valence-electron chi connectivity index (χ0n) is 11.0. The van der Waals surface area contributed by atoms with Gasteiger partial charge in [0.25, 0.3) is 5.91 Å². The summed E-state index contributed by atoms with van der Waals surface area (Å²) in [6, 6.07) is 5.00. The molecular weight excluding hydrogens is 296 g/mol. The maximum absolute atomic E-state index is 11.6. The molecule has 1 heterocycles. The van der Waals surface area contributed by atoms with Crippen LogP contribution in [-0.2, 0) is 9.59 Å². The van der Waals surface area contributed by atoms with Crippen LogP contribution in [-0.4, -0.2) is 35.8 Å². The van der Waals surface area contributed by atoms with Gasteiger partial charge in [0.2, 0.25) is 0 Å². The summed E-state index contributed by atoms with van der Waals surface area (Å²) in [7, 11) is 1.44. The fourth-order valence-corrected chi connectivity index (χ4v) is 1.94. The van der Waals surface area contributed by atoms with E-state index in [4.69, 9.17) is 26.8 Å². The third-order valence-corrected chi connectivity index (χ3v) is 2.79. The molecule has 0 saturated carbocycles. The minimum Gasteiger partial charge on any atom is -0.493 e. The first kappa shape index (κ1) is 14.8. The Morgan fingerprint density at radius 3 is 2.76 bits per heavy atom. The number of carbonyl (C=O) groups excluding carboxylic acids is 1. The third kappa shape index (κ3) is 3.48. The van der Waals surface area contributed by atoms with Gasteiger partial charge < -0.3 is 19.9 Å². The van der Waals surface area contributed by atoms with E-state index in [0.717, 1.165) is 0 Å². The van der Waals surface area contributed by atoms with Crippen LogP contribution in [0.15, 0.2) is 23.9 Å². The van der Waals surface area contributed by atoms with Crippen LogP contribution in [0.4, 0.5) is 0 Å². The van der Waals surface area contributed by atoms with Crippen molar-refractivity contribution in [3.05, 3.63) is 29.5 Å². The number of hydrogen-bond donors (Lipinski definition) is 3. The third-order valence-electron chi connectivity index (χ3n) is 2.59. The van der Waals surface area contributed by atoms with E-state index in [2.05, 4.69) is 10.6 Å². The summed E-state index contributed by atoms with van der Waals surface area (Å²) in [6.45, 7) is -0.519. The van der Waals surface area contributed by atoms with Crippen molar-refractivity contribution in [2.24, 2.45) is 0 Å². The number of aliphatic carboxylic acids is 1. The molecule has 0 radical (unpaired) electrons. The topological polar surface area (TPSA) is 96.9 Å². The van der Waals surface area contributed by atoms with Gasteiger partial charge in [-0.2, -0.15) is 0 Å². The van der Waals surface area contributed by atoms with E-state index in [9.17, 15) is 9.59 Å². The fraction of sp³-hybridized carbons (Fsp3) is 0.154. The number of para-hydroxylation sites is 1. The number of carbonyl (C=O) groups is 2. The Hall–Kier alpha value is -2.61. The predicted octanol–water partition coefficient (Wildman–Crippen LogP) is 0.504. The van der Waals surface area contributed by atoms with Gasteiger partial charge in [-0.25, -0.2) is 4.79 Å². The molecule has 21 heavy (non-hydrogen) atoms. The van der Waals surface area contributed by atoms with Gasteiger partial charge in [0.1, 0.15) is 5.70 Å². The van der Waals surface area contributed by atoms with Crippen molar-refractivity contribution in [2.75, 3.05) is 13.7 Å². The predicted molar refractivity (Wildman–Crippen MR) is 78.0 cm³/mol. The van der Waals surface area contributed by atoms with E-state index in [0.29, 0.717) is 11.3 Å². The molecule has 110 valence electrons. The molecule has 0 atom stereocenters. The van der Waals surface area contributed by atoms with Crippen molar-refractivity contribution >= 4 is 35.3 Å². The SMILES string of the molecule is COc1cccc(C=C2NC(=S)NC2=O)c1OCC(=O)O. The van der Waals surface area contributed by atoms with Gasteiger partial charge in [0.15, 0.2) is 23.2 Å². The van der Waals surface area contributed by atoms with Crippen molar-refractivity contribution in [2.45, 2.75) is 0 Å². The second-order valence-corrected chi connectivity index (χ2v) is 4.44. The molecule has 1 saturated heterocycles. The van der Waals surface area contributed by atoms with E-state index < -0.39 is 12.6 Å². The van der Waals surface area contributed by atoms with Gasteiger partial charge in [0, 0.05) is 5.56 Å². The van der Waals surface area contributed by atoms with Gasteiger partial charge in [-0.1, -0.05) is 12.1 Å². The van der Waals surface area contributed by atoms with Crippen LogP contribution in [0.5, 0.6) is 11.5 Å². The van der Waals surface area contributed by atoms with Gasteiger partial charge >= 0.3 is 5.97 Å². The number of nitrogens with one attached hydrogen (secondary N) is 2. The lowest BCUT2D eigenvalue weighted by Gasteiger charge is -2.12. The van der Waals surface area contributed by atoms with E-state index in [1.54, 1.807) is 18.2 Å². The second kappa shape index (κ2) is 6.23. The Balaban J connectivity index is 2.38. The molecule has 8 heteroatoms. The molecule has 3 N–H and O–H groups in total. The molecule has 0 unspecified atom stereocenters. The molecule has 0 spiro atoms. The Bertz CT molecular complexity index is 641. The fourth-order valence-electron chi connectivity index (χ4n) is 1.73. The Labute approximate surface area is 125 Å². The Morgan fingerprint density at radius 1 is 1.43 bits per heavy atom. The molecule has 0 bridgehead atoms. The number of hydrogen-bond acceptors (Lipinski definition) is 5. The summed E-state index contributed by atoms with van der Waals surface area (Å²) >= 11 is 4.84. The van der Waals surface area contributed by atoms with E-state index >= 15 is 0 Å². The highest BCUT2D eigenvalue weighted by Crippen LogP contribution is 2.32. The van der Waals surface area contributed by atoms with E-state index in [-0.39, 0.29) is 22.5 Å². The van der Waals surface area contributed by atoms with Crippen LogP contribution in [0.25, 0.3) is 6.08 Å². The average molecular weight is 308 g/mol. The highest BCUT2D eigenvalue weighted by Gasteiger charge is 2.21. The first-order valence-corrected chi connectivity index (χ1v) is 6.27. The van der Waals surface area contributed by atoms with Crippen LogP contribution >= 0.6 is 12.2 Å². The number of benzene rings is 1. The van der Waals surface area contributed by atoms with Crippen LogP contribution in [0, 0.1) is 0 Å². The van der Waals surface area contributed by atoms with Crippen molar-refractivity contribution in [3.63, 3.8) is 0 Å². The van der Waals surface area contributed by atoms with Gasteiger partial charge in [0.05, 0.1) is 7.11 Å². The number of carboxylic acids is 1. The minimum absolute atomic E-state index is 0.210. The molecule has 0 aromatic heterocycles. The van der Waals surface area contributed by atoms with Crippen LogP contribution in [0.2, 0.25) is 0 Å². The standard InChI is InChI=1S/C13H12N2O5S/c1-19-9-4-2-3-7(11(9)20-6-10(16)17)5-8-12(18)15-13(21)14-8/h2-5H,6H2,1H3,(H,16,17)(H2,14,15,18,21). The number of amides is 1. The average Bonchev–Trinajstić information content (AvgIpc) is 2.75. The summed E-state index contributed by atoms with van der Waals surface area (Å²) < 4.78 is 10.4. The van der Waals surface area contributed by atoms with Crippen LogP contribution in [0.1, 0.15) is 5.56 Å². The Morgan fingerprint density at radius 2 is 2.19 bits per heavy atom. The van der Waals surface area contributed by atoms with Crippen LogP contribution < -0.4 is 20.1 Å². The molecule has 2 rings (SSSR count). The first-order chi connectivity index (χ1) is 10.0. The first-order valence-electron chi connectivity index (χ1n) is 5.87. The number of carboxylic acid groups (broad SMARTS) is 1. The lowest BCUT2D eigenvalue weighted by Crippen LogP contribution is -2.21. The highest BCUT2D eigenvalue weighted by molar-refractivity contribution is 7.80.